The van der Waals surface area contributed by atoms with Crippen LogP contribution in [0.25, 0.3) is 0 Å². The minimum Gasteiger partial charge on any atom is -0.347 e. The molecule has 86 valence electrons. The largest absolute Gasteiger partial charge is 0.347 e. The summed E-state index contributed by atoms with van der Waals surface area (Å²) in [7, 11) is -0.772. The van der Waals surface area contributed by atoms with Gasteiger partial charge in [0.05, 0.1) is 0 Å². The van der Waals surface area contributed by atoms with Gasteiger partial charge in [-0.15, -0.1) is 0 Å². The zero-order valence-corrected chi connectivity index (χ0v) is 10.9. The molecule has 1 aliphatic rings. The van der Waals surface area contributed by atoms with E-state index in [2.05, 4.69) is 26.2 Å². The minimum atomic E-state index is -0.772. The quantitative estimate of drug-likeness (QED) is 0.890. The Kier molecular flexibility index (Phi) is 3.70. The average molecular weight is 303 g/mol. The Hall–Kier alpha value is -0.750. The van der Waals surface area contributed by atoms with Crippen molar-refractivity contribution < 1.29 is 9.00 Å². The summed E-state index contributed by atoms with van der Waals surface area (Å²) in [5.74, 6) is 1.04. The van der Waals surface area contributed by atoms with Crippen molar-refractivity contribution >= 4 is 32.6 Å². The maximum absolute atomic E-state index is 11.7. The van der Waals surface area contributed by atoms with E-state index < -0.39 is 10.8 Å². The second-order valence-electron chi connectivity index (χ2n) is 3.63. The number of aromatic nitrogens is 1. The number of halogens is 1. The maximum Gasteiger partial charge on any atom is 0.270 e. The Balaban J connectivity index is 1.98. The fourth-order valence-corrected chi connectivity index (χ4v) is 3.20. The third kappa shape index (κ3) is 2.89. The van der Waals surface area contributed by atoms with Gasteiger partial charge in [0.2, 0.25) is 0 Å². The number of carbonyl (C=O) groups is 1. The van der Waals surface area contributed by atoms with Crippen molar-refractivity contribution in [3.8, 4) is 0 Å². The molecule has 0 radical (unpaired) electrons. The number of hydrogen-bond donors (Lipinski definition) is 1. The molecular formula is C10H11BrN2O2S. The van der Waals surface area contributed by atoms with E-state index >= 15 is 0 Å². The third-order valence-corrected chi connectivity index (χ3v) is 4.31. The minimum absolute atomic E-state index is 0.0266. The van der Waals surface area contributed by atoms with Crippen molar-refractivity contribution in [3.63, 3.8) is 0 Å². The van der Waals surface area contributed by atoms with Crippen LogP contribution in [0.5, 0.6) is 0 Å². The Bertz CT molecular complexity index is 421. The van der Waals surface area contributed by atoms with Crippen LogP contribution in [0.15, 0.2) is 22.8 Å². The van der Waals surface area contributed by atoms with Crippen LogP contribution in [0.2, 0.25) is 0 Å². The maximum atomic E-state index is 11.7. The highest BCUT2D eigenvalue weighted by molar-refractivity contribution is 9.10. The van der Waals surface area contributed by atoms with Gasteiger partial charge in [-0.05, 0) is 34.5 Å². The number of hydrogen-bond acceptors (Lipinski definition) is 3. The van der Waals surface area contributed by atoms with Crippen molar-refractivity contribution in [3.05, 3.63) is 28.5 Å². The summed E-state index contributed by atoms with van der Waals surface area (Å²) >= 11 is 3.26. The molecule has 6 heteroatoms. The van der Waals surface area contributed by atoms with Gasteiger partial charge in [0.15, 0.2) is 0 Å². The molecule has 1 amide bonds. The van der Waals surface area contributed by atoms with Gasteiger partial charge in [0.25, 0.3) is 5.91 Å². The summed E-state index contributed by atoms with van der Waals surface area (Å²) in [6.07, 6.45) is 2.37. The molecule has 0 saturated carbocycles. The lowest BCUT2D eigenvalue weighted by Gasteiger charge is -2.10. The van der Waals surface area contributed by atoms with Crippen molar-refractivity contribution in [1.29, 1.82) is 0 Å². The van der Waals surface area contributed by atoms with E-state index in [1.54, 1.807) is 18.3 Å². The highest BCUT2D eigenvalue weighted by Gasteiger charge is 2.23. The molecule has 1 aromatic rings. The van der Waals surface area contributed by atoms with Crippen LogP contribution in [0.4, 0.5) is 0 Å². The zero-order chi connectivity index (χ0) is 11.5. The normalized spacial score (nSPS) is 24.3. The van der Waals surface area contributed by atoms with Gasteiger partial charge in [-0.3, -0.25) is 9.00 Å². The van der Waals surface area contributed by atoms with E-state index in [-0.39, 0.29) is 11.9 Å². The van der Waals surface area contributed by atoms with Crippen molar-refractivity contribution in [1.82, 2.24) is 10.3 Å². The highest BCUT2D eigenvalue weighted by atomic mass is 79.9. The van der Waals surface area contributed by atoms with Gasteiger partial charge in [-0.25, -0.2) is 4.98 Å². The molecule has 1 saturated heterocycles. The van der Waals surface area contributed by atoms with Gasteiger partial charge < -0.3 is 5.32 Å². The summed E-state index contributed by atoms with van der Waals surface area (Å²) in [5, 5.41) is 2.84. The summed E-state index contributed by atoms with van der Waals surface area (Å²) in [5.41, 5.74) is 0.390. The Morgan fingerprint density at radius 1 is 1.56 bits per heavy atom. The molecule has 1 N–H and O–H groups in total. The predicted octanol–water partition coefficient (Wildman–Crippen LogP) is 1.09. The number of rotatable bonds is 2. The SMILES string of the molecule is O=C(NC1CCS(=O)C1)c1ccc(Br)cn1. The summed E-state index contributed by atoms with van der Waals surface area (Å²) in [6, 6.07) is 3.46. The molecule has 4 nitrogen and oxygen atoms in total. The highest BCUT2D eigenvalue weighted by Crippen LogP contribution is 2.10. The Labute approximate surface area is 104 Å². The van der Waals surface area contributed by atoms with E-state index in [9.17, 15) is 9.00 Å². The first-order chi connectivity index (χ1) is 7.65. The monoisotopic (exact) mass is 302 g/mol. The number of carbonyl (C=O) groups excluding carboxylic acids is 1. The first-order valence-electron chi connectivity index (χ1n) is 4.92. The van der Waals surface area contributed by atoms with Gasteiger partial charge in [-0.1, -0.05) is 0 Å². The van der Waals surface area contributed by atoms with Crippen LogP contribution < -0.4 is 5.32 Å². The lowest BCUT2D eigenvalue weighted by atomic mass is 10.2. The topological polar surface area (TPSA) is 59.1 Å². The van der Waals surface area contributed by atoms with E-state index in [0.29, 0.717) is 17.2 Å². The molecule has 0 spiro atoms. The summed E-state index contributed by atoms with van der Waals surface area (Å²) in [4.78, 5) is 15.7. The number of nitrogens with zero attached hydrogens (tertiary/aromatic N) is 1. The Morgan fingerprint density at radius 2 is 2.38 bits per heavy atom. The second-order valence-corrected chi connectivity index (χ2v) is 6.17. The van der Waals surface area contributed by atoms with Gasteiger partial charge in [-0.2, -0.15) is 0 Å². The second kappa shape index (κ2) is 5.05. The lowest BCUT2D eigenvalue weighted by molar-refractivity contribution is 0.0936. The van der Waals surface area contributed by atoms with Gasteiger partial charge >= 0.3 is 0 Å². The van der Waals surface area contributed by atoms with Crippen molar-refractivity contribution in [2.45, 2.75) is 12.5 Å². The molecule has 16 heavy (non-hydrogen) atoms. The molecule has 1 fully saturated rings. The number of amides is 1. The molecule has 1 aliphatic heterocycles. The molecule has 0 aliphatic carbocycles. The standard InChI is InChI=1S/C10H11BrN2O2S/c11-7-1-2-9(12-5-7)10(14)13-8-3-4-16(15)6-8/h1-2,5,8H,3-4,6H2,(H,13,14). The number of nitrogens with one attached hydrogen (secondary N) is 1. The lowest BCUT2D eigenvalue weighted by Crippen LogP contribution is -2.35. The Morgan fingerprint density at radius 3 is 2.94 bits per heavy atom. The van der Waals surface area contributed by atoms with Crippen LogP contribution >= 0.6 is 15.9 Å². The molecular weight excluding hydrogens is 292 g/mol. The molecule has 2 heterocycles. The van der Waals surface area contributed by atoms with E-state index in [1.807, 2.05) is 0 Å². The fourth-order valence-electron chi connectivity index (χ4n) is 1.55. The van der Waals surface area contributed by atoms with Crippen LogP contribution in [0.1, 0.15) is 16.9 Å². The number of pyridine rings is 1. The third-order valence-electron chi connectivity index (χ3n) is 2.38. The van der Waals surface area contributed by atoms with Crippen LogP contribution in [0, 0.1) is 0 Å². The zero-order valence-electron chi connectivity index (χ0n) is 8.48. The smallest absolute Gasteiger partial charge is 0.270 e. The molecule has 2 unspecified atom stereocenters. The van der Waals surface area contributed by atoms with Crippen molar-refractivity contribution in [2.75, 3.05) is 11.5 Å². The first kappa shape index (κ1) is 11.7. The van der Waals surface area contributed by atoms with E-state index in [0.717, 1.165) is 10.9 Å². The van der Waals surface area contributed by atoms with E-state index in [1.165, 1.54) is 0 Å². The van der Waals surface area contributed by atoms with Crippen LogP contribution in [0.3, 0.4) is 0 Å². The molecule has 0 aromatic carbocycles. The van der Waals surface area contributed by atoms with Crippen LogP contribution in [-0.4, -0.2) is 32.6 Å². The molecule has 2 atom stereocenters. The van der Waals surface area contributed by atoms with E-state index in [4.69, 9.17) is 0 Å². The summed E-state index contributed by atoms with van der Waals surface area (Å²) < 4.78 is 12.0. The first-order valence-corrected chi connectivity index (χ1v) is 7.20. The fraction of sp³-hybridized carbons (Fsp3) is 0.400. The van der Waals surface area contributed by atoms with Gasteiger partial charge in [0, 0.05) is 39.0 Å². The van der Waals surface area contributed by atoms with Crippen molar-refractivity contribution in [2.24, 2.45) is 0 Å². The molecule has 2 rings (SSSR count). The molecule has 1 aromatic heterocycles. The molecule has 0 bridgehead atoms. The summed E-state index contributed by atoms with van der Waals surface area (Å²) in [6.45, 7) is 0. The average Bonchev–Trinajstić information content (AvgIpc) is 2.65. The predicted molar refractivity (Wildman–Crippen MR) is 65.7 cm³/mol. The van der Waals surface area contributed by atoms with Gasteiger partial charge in [0.1, 0.15) is 5.69 Å². The van der Waals surface area contributed by atoms with Crippen LogP contribution in [-0.2, 0) is 10.8 Å².